The van der Waals surface area contributed by atoms with Gasteiger partial charge in [0.1, 0.15) is 0 Å². The van der Waals surface area contributed by atoms with Crippen molar-refractivity contribution in [3.8, 4) is 0 Å². The summed E-state index contributed by atoms with van der Waals surface area (Å²) < 4.78 is 0. The Morgan fingerprint density at radius 2 is 2.04 bits per heavy atom. The summed E-state index contributed by atoms with van der Waals surface area (Å²) in [6.45, 7) is 0.661. The fourth-order valence-corrected chi connectivity index (χ4v) is 4.85. The number of aromatic amines is 1. The van der Waals surface area contributed by atoms with Crippen LogP contribution in [0.25, 0.3) is 10.9 Å². The molecule has 2 aromatic heterocycles. The van der Waals surface area contributed by atoms with E-state index in [1.54, 1.807) is 11.3 Å². The van der Waals surface area contributed by atoms with Crippen LogP contribution in [0.3, 0.4) is 0 Å². The van der Waals surface area contributed by atoms with E-state index in [2.05, 4.69) is 52.2 Å². The van der Waals surface area contributed by atoms with Crippen LogP contribution in [0.1, 0.15) is 48.5 Å². The predicted molar refractivity (Wildman–Crippen MR) is 104 cm³/mol. The lowest BCUT2D eigenvalue weighted by Crippen LogP contribution is -2.29. The standard InChI is InChI=1S/C21H24N2OS/c24-21(12-15-6-1-2-7-15)23-14-18(20-10-5-11-25-20)17-13-22-19-9-4-3-8-16(17)19/h3-5,8-11,13,15,18,22H,1-2,6-7,12,14H2,(H,23,24). The van der Waals surface area contributed by atoms with Gasteiger partial charge in [-0.2, -0.15) is 0 Å². The molecule has 2 heterocycles. The van der Waals surface area contributed by atoms with Gasteiger partial charge < -0.3 is 10.3 Å². The number of carbonyl (C=O) groups is 1. The summed E-state index contributed by atoms with van der Waals surface area (Å²) in [6.07, 6.45) is 7.77. The molecule has 0 bridgehead atoms. The third-order valence-corrected chi connectivity index (χ3v) is 6.32. The second kappa shape index (κ2) is 7.44. The van der Waals surface area contributed by atoms with Crippen LogP contribution in [-0.2, 0) is 4.79 Å². The molecule has 130 valence electrons. The van der Waals surface area contributed by atoms with E-state index < -0.39 is 0 Å². The highest BCUT2D eigenvalue weighted by atomic mass is 32.1. The number of benzene rings is 1. The average Bonchev–Trinajstić information content (AvgIpc) is 3.37. The molecule has 1 aliphatic carbocycles. The summed E-state index contributed by atoms with van der Waals surface area (Å²) in [5.41, 5.74) is 2.41. The maximum atomic E-state index is 12.4. The van der Waals surface area contributed by atoms with Gasteiger partial charge in [-0.15, -0.1) is 11.3 Å². The molecule has 4 heteroatoms. The predicted octanol–water partition coefficient (Wildman–Crippen LogP) is 5.06. The Morgan fingerprint density at radius 1 is 1.20 bits per heavy atom. The van der Waals surface area contributed by atoms with Gasteiger partial charge in [0.25, 0.3) is 0 Å². The summed E-state index contributed by atoms with van der Waals surface area (Å²) >= 11 is 1.76. The normalized spacial score (nSPS) is 16.3. The minimum Gasteiger partial charge on any atom is -0.361 e. The number of aromatic nitrogens is 1. The SMILES string of the molecule is O=C(CC1CCCC1)NCC(c1cccs1)c1c[nH]c2ccccc12. The number of para-hydroxylation sites is 1. The van der Waals surface area contributed by atoms with Crippen molar-refractivity contribution in [2.75, 3.05) is 6.54 Å². The van der Waals surface area contributed by atoms with Crippen LogP contribution in [0.2, 0.25) is 0 Å². The molecule has 3 nitrogen and oxygen atoms in total. The van der Waals surface area contributed by atoms with Crippen LogP contribution in [0.15, 0.2) is 48.0 Å². The molecular weight excluding hydrogens is 328 g/mol. The Hall–Kier alpha value is -2.07. The topological polar surface area (TPSA) is 44.9 Å². The number of nitrogens with one attached hydrogen (secondary N) is 2. The van der Waals surface area contributed by atoms with Crippen LogP contribution in [0.4, 0.5) is 0 Å². The summed E-state index contributed by atoms with van der Waals surface area (Å²) in [4.78, 5) is 17.1. The Kier molecular flexibility index (Phi) is 4.88. The van der Waals surface area contributed by atoms with Crippen molar-refractivity contribution >= 4 is 28.1 Å². The van der Waals surface area contributed by atoms with Gasteiger partial charge in [0, 0.05) is 40.9 Å². The lowest BCUT2D eigenvalue weighted by molar-refractivity contribution is -0.122. The Bertz CT molecular complexity index is 831. The van der Waals surface area contributed by atoms with E-state index in [0.717, 1.165) is 5.52 Å². The van der Waals surface area contributed by atoms with Gasteiger partial charge in [0.05, 0.1) is 0 Å². The zero-order valence-corrected chi connectivity index (χ0v) is 15.1. The summed E-state index contributed by atoms with van der Waals surface area (Å²) in [5.74, 6) is 0.991. The minimum atomic E-state index is 0.198. The molecule has 1 saturated carbocycles. The Morgan fingerprint density at radius 3 is 2.84 bits per heavy atom. The van der Waals surface area contributed by atoms with Crippen LogP contribution >= 0.6 is 11.3 Å². The van der Waals surface area contributed by atoms with Gasteiger partial charge >= 0.3 is 0 Å². The summed E-state index contributed by atoms with van der Waals surface area (Å²) in [6, 6.07) is 12.6. The van der Waals surface area contributed by atoms with Gasteiger partial charge in [-0.3, -0.25) is 4.79 Å². The Balaban J connectivity index is 1.52. The molecule has 1 atom stereocenters. The molecule has 1 unspecified atom stereocenters. The highest BCUT2D eigenvalue weighted by Gasteiger charge is 2.22. The van der Waals surface area contributed by atoms with E-state index in [0.29, 0.717) is 18.9 Å². The van der Waals surface area contributed by atoms with Crippen LogP contribution in [0.5, 0.6) is 0 Å². The van der Waals surface area contributed by atoms with Crippen molar-refractivity contribution in [3.63, 3.8) is 0 Å². The second-order valence-corrected chi connectivity index (χ2v) is 8.00. The van der Waals surface area contributed by atoms with Crippen molar-refractivity contribution in [3.05, 3.63) is 58.4 Å². The molecule has 1 amide bonds. The molecule has 3 aromatic rings. The highest BCUT2D eigenvalue weighted by Crippen LogP contribution is 2.33. The molecule has 0 spiro atoms. The summed E-state index contributed by atoms with van der Waals surface area (Å²) in [5, 5.41) is 6.56. The number of hydrogen-bond donors (Lipinski definition) is 2. The number of thiophene rings is 1. The molecule has 1 aliphatic rings. The number of amides is 1. The smallest absolute Gasteiger partial charge is 0.220 e. The second-order valence-electron chi connectivity index (χ2n) is 7.02. The van der Waals surface area contributed by atoms with Gasteiger partial charge in [0.15, 0.2) is 0 Å². The summed E-state index contributed by atoms with van der Waals surface area (Å²) in [7, 11) is 0. The lowest BCUT2D eigenvalue weighted by Gasteiger charge is -2.17. The largest absolute Gasteiger partial charge is 0.361 e. The molecule has 25 heavy (non-hydrogen) atoms. The first-order chi connectivity index (χ1) is 12.3. The quantitative estimate of drug-likeness (QED) is 0.640. The first kappa shape index (κ1) is 16.4. The molecule has 0 radical (unpaired) electrons. The fourth-order valence-electron chi connectivity index (χ4n) is 4.00. The number of rotatable bonds is 6. The number of carbonyl (C=O) groups excluding carboxylic acids is 1. The van der Waals surface area contributed by atoms with E-state index in [1.165, 1.54) is 41.5 Å². The Labute approximate surface area is 152 Å². The molecule has 0 saturated heterocycles. The monoisotopic (exact) mass is 352 g/mol. The third-order valence-electron chi connectivity index (χ3n) is 5.34. The first-order valence-corrected chi connectivity index (χ1v) is 10.1. The van der Waals surface area contributed by atoms with Crippen LogP contribution < -0.4 is 5.32 Å². The van der Waals surface area contributed by atoms with E-state index >= 15 is 0 Å². The highest BCUT2D eigenvalue weighted by molar-refractivity contribution is 7.10. The van der Waals surface area contributed by atoms with Crippen LogP contribution in [0, 0.1) is 5.92 Å². The van der Waals surface area contributed by atoms with Gasteiger partial charge in [-0.05, 0) is 41.8 Å². The number of fused-ring (bicyclic) bond motifs is 1. The maximum Gasteiger partial charge on any atom is 0.220 e. The maximum absolute atomic E-state index is 12.4. The van der Waals surface area contributed by atoms with Crippen molar-refractivity contribution in [2.24, 2.45) is 5.92 Å². The molecule has 0 aliphatic heterocycles. The van der Waals surface area contributed by atoms with Gasteiger partial charge in [-0.1, -0.05) is 37.1 Å². The molecule has 1 fully saturated rings. The van der Waals surface area contributed by atoms with E-state index in [-0.39, 0.29) is 11.8 Å². The van der Waals surface area contributed by atoms with Gasteiger partial charge in [0.2, 0.25) is 5.91 Å². The van der Waals surface area contributed by atoms with Gasteiger partial charge in [-0.25, -0.2) is 0 Å². The third kappa shape index (κ3) is 3.64. The zero-order chi connectivity index (χ0) is 17.1. The molecule has 4 rings (SSSR count). The van der Waals surface area contributed by atoms with Crippen molar-refractivity contribution in [1.29, 1.82) is 0 Å². The van der Waals surface area contributed by atoms with E-state index in [9.17, 15) is 4.79 Å². The number of hydrogen-bond acceptors (Lipinski definition) is 2. The minimum absolute atomic E-state index is 0.198. The first-order valence-electron chi connectivity index (χ1n) is 9.17. The molecular formula is C21H24N2OS. The van der Waals surface area contributed by atoms with E-state index in [4.69, 9.17) is 0 Å². The average molecular weight is 353 g/mol. The number of H-pyrrole nitrogens is 1. The fraction of sp³-hybridized carbons (Fsp3) is 0.381. The van der Waals surface area contributed by atoms with Crippen LogP contribution in [-0.4, -0.2) is 17.4 Å². The zero-order valence-electron chi connectivity index (χ0n) is 14.3. The van der Waals surface area contributed by atoms with Crippen molar-refractivity contribution < 1.29 is 4.79 Å². The van der Waals surface area contributed by atoms with E-state index in [1.807, 2.05) is 6.07 Å². The van der Waals surface area contributed by atoms with Crippen molar-refractivity contribution in [2.45, 2.75) is 38.0 Å². The lowest BCUT2D eigenvalue weighted by atomic mass is 9.96. The molecule has 2 N–H and O–H groups in total. The van der Waals surface area contributed by atoms with Crippen molar-refractivity contribution in [1.82, 2.24) is 10.3 Å². The molecule has 1 aromatic carbocycles.